The fourth-order valence-electron chi connectivity index (χ4n) is 0.945. The quantitative estimate of drug-likeness (QED) is 0.765. The number of H-pyrrole nitrogens is 1. The van der Waals surface area contributed by atoms with E-state index in [1.54, 1.807) is 13.8 Å². The molecule has 0 saturated carbocycles. The molecular formula is C9H15ClN4O. The summed E-state index contributed by atoms with van der Waals surface area (Å²) in [6.07, 6.45) is 1.41. The SMILES string of the molecule is CC(NC(=O)C(C)(C)CCl)c1ncn[nH]1. The number of alkyl halides is 1. The van der Waals surface area contributed by atoms with Crippen LogP contribution in [0.1, 0.15) is 32.6 Å². The first kappa shape index (κ1) is 12.0. The van der Waals surface area contributed by atoms with Gasteiger partial charge >= 0.3 is 0 Å². The number of aromatic nitrogens is 3. The molecule has 0 aliphatic heterocycles. The van der Waals surface area contributed by atoms with Crippen LogP contribution in [0.2, 0.25) is 0 Å². The lowest BCUT2D eigenvalue weighted by Gasteiger charge is -2.22. The first-order valence-corrected chi connectivity index (χ1v) is 5.23. The lowest BCUT2D eigenvalue weighted by Crippen LogP contribution is -2.39. The van der Waals surface area contributed by atoms with Gasteiger partial charge in [-0.1, -0.05) is 0 Å². The van der Waals surface area contributed by atoms with Crippen LogP contribution >= 0.6 is 11.6 Å². The van der Waals surface area contributed by atoms with E-state index in [-0.39, 0.29) is 17.8 Å². The second-order valence-electron chi connectivity index (χ2n) is 4.08. The van der Waals surface area contributed by atoms with E-state index in [9.17, 15) is 4.79 Å². The largest absolute Gasteiger partial charge is 0.346 e. The maximum Gasteiger partial charge on any atom is 0.227 e. The molecule has 0 saturated heterocycles. The van der Waals surface area contributed by atoms with Gasteiger partial charge in [-0.2, -0.15) is 5.10 Å². The zero-order valence-electron chi connectivity index (χ0n) is 9.04. The molecule has 15 heavy (non-hydrogen) atoms. The maximum absolute atomic E-state index is 11.7. The molecule has 5 nitrogen and oxygen atoms in total. The summed E-state index contributed by atoms with van der Waals surface area (Å²) in [5, 5.41) is 9.24. The van der Waals surface area contributed by atoms with Gasteiger partial charge in [0.15, 0.2) is 0 Å². The topological polar surface area (TPSA) is 70.7 Å². The van der Waals surface area contributed by atoms with E-state index in [1.807, 2.05) is 6.92 Å². The number of nitrogens with one attached hydrogen (secondary N) is 2. The lowest BCUT2D eigenvalue weighted by molar-refractivity contribution is -0.129. The molecule has 0 fully saturated rings. The minimum absolute atomic E-state index is 0.0959. The summed E-state index contributed by atoms with van der Waals surface area (Å²) in [5.41, 5.74) is -0.574. The average Bonchev–Trinajstić information content (AvgIpc) is 2.70. The van der Waals surface area contributed by atoms with Gasteiger partial charge in [-0.25, -0.2) is 4.98 Å². The number of hydrogen-bond acceptors (Lipinski definition) is 3. The minimum Gasteiger partial charge on any atom is -0.346 e. The molecule has 6 heteroatoms. The number of carbonyl (C=O) groups excluding carboxylic acids is 1. The van der Waals surface area contributed by atoms with Crippen LogP contribution in [-0.2, 0) is 4.79 Å². The zero-order chi connectivity index (χ0) is 11.5. The molecule has 2 N–H and O–H groups in total. The molecule has 0 aliphatic rings. The first-order chi connectivity index (χ1) is 6.97. The monoisotopic (exact) mass is 230 g/mol. The van der Waals surface area contributed by atoms with Gasteiger partial charge in [0.1, 0.15) is 12.2 Å². The van der Waals surface area contributed by atoms with Crippen molar-refractivity contribution in [3.63, 3.8) is 0 Å². The van der Waals surface area contributed by atoms with E-state index in [0.29, 0.717) is 5.82 Å². The van der Waals surface area contributed by atoms with E-state index in [2.05, 4.69) is 20.5 Å². The molecule has 0 aromatic carbocycles. The predicted molar refractivity (Wildman–Crippen MR) is 57.4 cm³/mol. The summed E-state index contributed by atoms with van der Waals surface area (Å²) in [6.45, 7) is 5.42. The van der Waals surface area contributed by atoms with Gasteiger partial charge in [-0.05, 0) is 20.8 Å². The summed E-state index contributed by atoms with van der Waals surface area (Å²) >= 11 is 5.70. The Morgan fingerprint density at radius 3 is 2.87 bits per heavy atom. The maximum atomic E-state index is 11.7. The van der Waals surface area contributed by atoms with Gasteiger partial charge in [-0.15, -0.1) is 11.6 Å². The van der Waals surface area contributed by atoms with Crippen molar-refractivity contribution < 1.29 is 4.79 Å². The third-order valence-electron chi connectivity index (χ3n) is 2.14. The fraction of sp³-hybridized carbons (Fsp3) is 0.667. The van der Waals surface area contributed by atoms with Gasteiger partial charge < -0.3 is 5.32 Å². The molecule has 0 spiro atoms. The van der Waals surface area contributed by atoms with Crippen molar-refractivity contribution in [1.82, 2.24) is 20.5 Å². The van der Waals surface area contributed by atoms with Crippen molar-refractivity contribution in [2.45, 2.75) is 26.8 Å². The standard InChI is InChI=1S/C9H15ClN4O/c1-6(7-11-5-12-14-7)13-8(15)9(2,3)4-10/h5-6H,4H2,1-3H3,(H,13,15)(H,11,12,14). The Labute approximate surface area is 93.6 Å². The highest BCUT2D eigenvalue weighted by Crippen LogP contribution is 2.18. The highest BCUT2D eigenvalue weighted by molar-refractivity contribution is 6.19. The number of halogens is 1. The van der Waals surface area contributed by atoms with Crippen LogP contribution in [0, 0.1) is 5.41 Å². The normalized spacial score (nSPS) is 13.6. The van der Waals surface area contributed by atoms with Gasteiger partial charge in [0.25, 0.3) is 0 Å². The summed E-state index contributed by atoms with van der Waals surface area (Å²) in [6, 6.07) is -0.192. The number of hydrogen-bond donors (Lipinski definition) is 2. The first-order valence-electron chi connectivity index (χ1n) is 4.69. The van der Waals surface area contributed by atoms with Crippen LogP contribution < -0.4 is 5.32 Å². The molecule has 0 bridgehead atoms. The van der Waals surface area contributed by atoms with Crippen molar-refractivity contribution >= 4 is 17.5 Å². The van der Waals surface area contributed by atoms with Crippen LogP contribution in [0.4, 0.5) is 0 Å². The van der Waals surface area contributed by atoms with Gasteiger partial charge in [-0.3, -0.25) is 9.89 Å². The molecule has 0 aliphatic carbocycles. The molecule has 1 rings (SSSR count). The molecule has 1 amide bonds. The summed E-state index contributed by atoms with van der Waals surface area (Å²) in [5.74, 6) is 0.817. The second kappa shape index (κ2) is 4.61. The van der Waals surface area contributed by atoms with E-state index in [0.717, 1.165) is 0 Å². The van der Waals surface area contributed by atoms with E-state index in [4.69, 9.17) is 11.6 Å². The Morgan fingerprint density at radius 1 is 1.73 bits per heavy atom. The zero-order valence-corrected chi connectivity index (χ0v) is 9.80. The second-order valence-corrected chi connectivity index (χ2v) is 4.35. The molecule has 1 aromatic rings. The van der Waals surface area contributed by atoms with Gasteiger partial charge in [0, 0.05) is 5.88 Å². The smallest absolute Gasteiger partial charge is 0.227 e. The molecule has 1 aromatic heterocycles. The number of carbonyl (C=O) groups is 1. The summed E-state index contributed by atoms with van der Waals surface area (Å²) in [7, 11) is 0. The van der Waals surface area contributed by atoms with Crippen LogP contribution in [0.3, 0.4) is 0 Å². The third-order valence-corrected chi connectivity index (χ3v) is 2.81. The van der Waals surface area contributed by atoms with Crippen LogP contribution in [-0.4, -0.2) is 27.0 Å². The number of aromatic amines is 1. The van der Waals surface area contributed by atoms with Gasteiger partial charge in [0.2, 0.25) is 5.91 Å². The highest BCUT2D eigenvalue weighted by atomic mass is 35.5. The van der Waals surface area contributed by atoms with Crippen molar-refractivity contribution in [2.24, 2.45) is 5.41 Å². The third kappa shape index (κ3) is 2.92. The van der Waals surface area contributed by atoms with Crippen molar-refractivity contribution in [1.29, 1.82) is 0 Å². The lowest BCUT2D eigenvalue weighted by atomic mass is 9.95. The summed E-state index contributed by atoms with van der Waals surface area (Å²) < 4.78 is 0. The van der Waals surface area contributed by atoms with Crippen molar-refractivity contribution in [2.75, 3.05) is 5.88 Å². The number of rotatable bonds is 4. The highest BCUT2D eigenvalue weighted by Gasteiger charge is 2.28. The molecule has 0 radical (unpaired) electrons. The van der Waals surface area contributed by atoms with E-state index in [1.165, 1.54) is 6.33 Å². The summed E-state index contributed by atoms with van der Waals surface area (Å²) in [4.78, 5) is 15.7. The minimum atomic E-state index is -0.574. The van der Waals surface area contributed by atoms with Crippen LogP contribution in [0.25, 0.3) is 0 Å². The van der Waals surface area contributed by atoms with E-state index < -0.39 is 5.41 Å². The Kier molecular flexibility index (Phi) is 3.68. The fourth-order valence-corrected chi connectivity index (χ4v) is 1.07. The Hall–Kier alpha value is -1.10. The Bertz CT molecular complexity index is 323. The predicted octanol–water partition coefficient (Wildman–Crippen LogP) is 1.25. The number of amides is 1. The van der Waals surface area contributed by atoms with Gasteiger partial charge in [0.05, 0.1) is 11.5 Å². The molecule has 84 valence electrons. The van der Waals surface area contributed by atoms with E-state index >= 15 is 0 Å². The Balaban J connectivity index is 2.60. The molecule has 1 heterocycles. The Morgan fingerprint density at radius 2 is 2.40 bits per heavy atom. The average molecular weight is 231 g/mol. The van der Waals surface area contributed by atoms with Crippen molar-refractivity contribution in [3.05, 3.63) is 12.2 Å². The van der Waals surface area contributed by atoms with Crippen LogP contribution in [0.15, 0.2) is 6.33 Å². The molecule has 1 atom stereocenters. The number of nitrogens with zero attached hydrogens (tertiary/aromatic N) is 2. The van der Waals surface area contributed by atoms with Crippen molar-refractivity contribution in [3.8, 4) is 0 Å². The molecular weight excluding hydrogens is 216 g/mol. The van der Waals surface area contributed by atoms with Crippen LogP contribution in [0.5, 0.6) is 0 Å². The molecule has 1 unspecified atom stereocenters.